The van der Waals surface area contributed by atoms with Gasteiger partial charge in [-0.1, -0.05) is 49.3 Å². The van der Waals surface area contributed by atoms with Gasteiger partial charge in [-0.25, -0.2) is 0 Å². The van der Waals surface area contributed by atoms with Gasteiger partial charge < -0.3 is 13.9 Å². The highest BCUT2D eigenvalue weighted by atomic mass is 32.1. The molecule has 1 amide bonds. The van der Waals surface area contributed by atoms with E-state index in [9.17, 15) is 9.59 Å². The molecule has 0 saturated carbocycles. The maximum absolute atomic E-state index is 13.9. The molecule has 1 aliphatic heterocycles. The van der Waals surface area contributed by atoms with E-state index in [2.05, 4.69) is 24.0 Å². The normalized spacial score (nSPS) is 14.8. The smallest absolute Gasteiger partial charge is 0.297 e. The van der Waals surface area contributed by atoms with E-state index in [0.29, 0.717) is 51.9 Å². The first-order valence-corrected chi connectivity index (χ1v) is 13.9. The number of hydrogen-bond acceptors (Lipinski definition) is 8. The van der Waals surface area contributed by atoms with Crippen LogP contribution >= 0.6 is 11.3 Å². The highest BCUT2D eigenvalue weighted by Gasteiger charge is 2.45. The van der Waals surface area contributed by atoms with Crippen molar-refractivity contribution in [2.75, 3.05) is 18.1 Å². The minimum absolute atomic E-state index is 0.0322. The van der Waals surface area contributed by atoms with E-state index < -0.39 is 11.9 Å². The van der Waals surface area contributed by atoms with Gasteiger partial charge in [-0.15, -0.1) is 10.2 Å². The van der Waals surface area contributed by atoms with Crippen molar-refractivity contribution in [1.82, 2.24) is 10.2 Å². The number of hydrogen-bond donors (Lipinski definition) is 0. The van der Waals surface area contributed by atoms with Gasteiger partial charge in [-0.05, 0) is 56.5 Å². The van der Waals surface area contributed by atoms with Crippen LogP contribution in [-0.4, -0.2) is 29.3 Å². The summed E-state index contributed by atoms with van der Waals surface area (Å²) in [7, 11) is 0. The highest BCUT2D eigenvalue weighted by molar-refractivity contribution is 7.15. The Morgan fingerprint density at radius 2 is 1.84 bits per heavy atom. The Morgan fingerprint density at radius 3 is 2.61 bits per heavy atom. The summed E-state index contributed by atoms with van der Waals surface area (Å²) in [5.41, 5.74) is 2.08. The molecule has 1 unspecified atom stereocenters. The zero-order chi connectivity index (χ0) is 26.8. The van der Waals surface area contributed by atoms with Crippen LogP contribution in [0.1, 0.15) is 78.3 Å². The van der Waals surface area contributed by atoms with Crippen molar-refractivity contribution in [3.8, 4) is 11.5 Å². The number of rotatable bonds is 10. The summed E-state index contributed by atoms with van der Waals surface area (Å²) in [6.07, 6.45) is 3.61. The predicted octanol–water partition coefficient (Wildman–Crippen LogP) is 6.23. The second-order valence-corrected chi connectivity index (χ2v) is 10.4. The van der Waals surface area contributed by atoms with E-state index in [4.69, 9.17) is 13.9 Å². The average molecular weight is 534 g/mol. The van der Waals surface area contributed by atoms with Crippen LogP contribution in [0.2, 0.25) is 0 Å². The summed E-state index contributed by atoms with van der Waals surface area (Å²) in [4.78, 5) is 29.3. The van der Waals surface area contributed by atoms with E-state index in [1.807, 2.05) is 38.1 Å². The maximum atomic E-state index is 13.9. The van der Waals surface area contributed by atoms with Crippen LogP contribution < -0.4 is 19.8 Å². The lowest BCUT2D eigenvalue weighted by Gasteiger charge is -2.23. The summed E-state index contributed by atoms with van der Waals surface area (Å²) >= 11 is 1.35. The Kier molecular flexibility index (Phi) is 7.46. The molecule has 5 rings (SSSR count). The Morgan fingerprint density at radius 1 is 1.00 bits per heavy atom. The number of carbonyl (C=O) groups is 1. The third-order valence-corrected chi connectivity index (χ3v) is 7.47. The average Bonchev–Trinajstić information content (AvgIpc) is 3.48. The number of ether oxygens (including phenoxy) is 2. The van der Waals surface area contributed by atoms with Gasteiger partial charge in [0.1, 0.15) is 10.6 Å². The molecule has 38 heavy (non-hydrogen) atoms. The minimum Gasteiger partial charge on any atom is -0.490 e. The number of nitrogens with zero attached hydrogens (tertiary/aromatic N) is 3. The summed E-state index contributed by atoms with van der Waals surface area (Å²) in [5, 5.41) is 10.3. The standard InChI is InChI=1S/C29H31N3O5S/c1-5-8-14-36-21-13-11-18(16-22(21)35-7-3)25-24-26(33)19-15-17(4)10-12-20(19)37-27(24)28(34)32(25)29-31-30-23(38-29)9-6-2/h10-13,15-16,25H,5-9,14H2,1-4H3. The fraction of sp³-hybridized carbons (Fsp3) is 0.379. The third-order valence-electron chi connectivity index (χ3n) is 6.49. The first-order valence-electron chi connectivity index (χ1n) is 13.1. The number of benzene rings is 2. The van der Waals surface area contributed by atoms with Crippen LogP contribution in [0.25, 0.3) is 11.0 Å². The SMILES string of the molecule is CCCCOc1ccc(C2c3c(oc4ccc(C)cc4c3=O)C(=O)N2c2nnc(CCC)s2)cc1OCC. The number of anilines is 1. The number of carbonyl (C=O) groups excluding carboxylic acids is 1. The summed E-state index contributed by atoms with van der Waals surface area (Å²) in [6.45, 7) is 9.02. The van der Waals surface area contributed by atoms with E-state index in [-0.39, 0.29) is 11.2 Å². The van der Waals surface area contributed by atoms with Crippen molar-refractivity contribution in [2.24, 2.45) is 0 Å². The van der Waals surface area contributed by atoms with Crippen molar-refractivity contribution < 1.29 is 18.7 Å². The molecule has 9 heteroatoms. The molecule has 2 aromatic heterocycles. The van der Waals surface area contributed by atoms with Crippen molar-refractivity contribution in [3.63, 3.8) is 0 Å². The van der Waals surface area contributed by atoms with Gasteiger partial charge in [0.25, 0.3) is 5.91 Å². The van der Waals surface area contributed by atoms with Crippen LogP contribution in [0, 0.1) is 6.92 Å². The van der Waals surface area contributed by atoms with Crippen LogP contribution in [0.5, 0.6) is 11.5 Å². The van der Waals surface area contributed by atoms with Gasteiger partial charge in [0.05, 0.1) is 30.2 Å². The minimum atomic E-state index is -0.745. The monoisotopic (exact) mass is 533 g/mol. The van der Waals surface area contributed by atoms with Crippen molar-refractivity contribution in [3.05, 3.63) is 74.1 Å². The summed E-state index contributed by atoms with van der Waals surface area (Å²) in [6, 6.07) is 10.2. The van der Waals surface area contributed by atoms with Gasteiger partial charge in [0.2, 0.25) is 10.9 Å². The zero-order valence-electron chi connectivity index (χ0n) is 22.1. The first kappa shape index (κ1) is 25.9. The zero-order valence-corrected chi connectivity index (χ0v) is 22.9. The van der Waals surface area contributed by atoms with Gasteiger partial charge in [-0.2, -0.15) is 0 Å². The van der Waals surface area contributed by atoms with E-state index in [1.165, 1.54) is 16.2 Å². The molecule has 0 aliphatic carbocycles. The van der Waals surface area contributed by atoms with E-state index in [0.717, 1.165) is 36.3 Å². The van der Waals surface area contributed by atoms with Crippen LogP contribution in [0.15, 0.2) is 45.6 Å². The first-order chi connectivity index (χ1) is 18.5. The predicted molar refractivity (Wildman–Crippen MR) is 148 cm³/mol. The molecule has 3 heterocycles. The Bertz CT molecular complexity index is 1540. The molecule has 0 spiro atoms. The second kappa shape index (κ2) is 10.9. The lowest BCUT2D eigenvalue weighted by atomic mass is 9.98. The molecule has 0 N–H and O–H groups in total. The number of amides is 1. The topological polar surface area (TPSA) is 94.8 Å². The molecule has 1 atom stereocenters. The van der Waals surface area contributed by atoms with Crippen molar-refractivity contribution in [1.29, 1.82) is 0 Å². The lowest BCUT2D eigenvalue weighted by molar-refractivity contribution is 0.0970. The molecule has 1 aliphatic rings. The van der Waals surface area contributed by atoms with Crippen LogP contribution in [-0.2, 0) is 6.42 Å². The number of fused-ring (bicyclic) bond motifs is 2. The molecule has 8 nitrogen and oxygen atoms in total. The molecule has 4 aromatic rings. The summed E-state index contributed by atoms with van der Waals surface area (Å²) in [5.74, 6) is 0.809. The molecule has 198 valence electrons. The molecular weight excluding hydrogens is 502 g/mol. The Hall–Kier alpha value is -3.72. The Balaban J connectivity index is 1.69. The molecule has 0 radical (unpaired) electrons. The highest BCUT2D eigenvalue weighted by Crippen LogP contribution is 2.44. The molecular formula is C29H31N3O5S. The molecule has 2 aromatic carbocycles. The number of aryl methyl sites for hydroxylation is 2. The summed E-state index contributed by atoms with van der Waals surface area (Å²) < 4.78 is 18.0. The van der Waals surface area contributed by atoms with E-state index >= 15 is 0 Å². The fourth-order valence-corrected chi connectivity index (χ4v) is 5.63. The van der Waals surface area contributed by atoms with E-state index in [1.54, 1.807) is 12.1 Å². The molecule has 0 saturated heterocycles. The van der Waals surface area contributed by atoms with Crippen LogP contribution in [0.3, 0.4) is 0 Å². The van der Waals surface area contributed by atoms with Crippen LogP contribution in [0.4, 0.5) is 5.13 Å². The second-order valence-electron chi connectivity index (χ2n) is 9.32. The number of aromatic nitrogens is 2. The molecule has 0 fully saturated rings. The van der Waals surface area contributed by atoms with Crippen molar-refractivity contribution in [2.45, 2.75) is 59.4 Å². The fourth-order valence-electron chi connectivity index (χ4n) is 4.67. The van der Waals surface area contributed by atoms with Gasteiger partial charge in [0.15, 0.2) is 16.9 Å². The third kappa shape index (κ3) is 4.67. The largest absolute Gasteiger partial charge is 0.490 e. The Labute approximate surface area is 225 Å². The van der Waals surface area contributed by atoms with Gasteiger partial charge in [-0.3, -0.25) is 14.5 Å². The van der Waals surface area contributed by atoms with Gasteiger partial charge in [0, 0.05) is 6.42 Å². The number of unbranched alkanes of at least 4 members (excludes halogenated alkanes) is 1. The van der Waals surface area contributed by atoms with Gasteiger partial charge >= 0.3 is 0 Å². The lowest BCUT2D eigenvalue weighted by Crippen LogP contribution is -2.29. The maximum Gasteiger partial charge on any atom is 0.297 e. The quantitative estimate of drug-likeness (QED) is 0.223. The molecule has 0 bridgehead atoms. The van der Waals surface area contributed by atoms with Crippen molar-refractivity contribution >= 4 is 33.3 Å².